The van der Waals surface area contributed by atoms with Crippen LogP contribution in [0.25, 0.3) is 0 Å². The van der Waals surface area contributed by atoms with Crippen molar-refractivity contribution in [3.8, 4) is 0 Å². The molecule has 0 radical (unpaired) electrons. The molecule has 0 heterocycles. The third-order valence-electron chi connectivity index (χ3n) is 5.34. The van der Waals surface area contributed by atoms with Crippen molar-refractivity contribution < 1.29 is 22.7 Å². The molecule has 0 saturated heterocycles. The van der Waals surface area contributed by atoms with Crippen LogP contribution in [0, 0.1) is 0 Å². The fourth-order valence-electron chi connectivity index (χ4n) is 3.79. The minimum atomic E-state index is -3.55. The van der Waals surface area contributed by atoms with E-state index >= 15 is 0 Å². The Kier molecular flexibility index (Phi) is 10.3. The highest BCUT2D eigenvalue weighted by Gasteiger charge is 2.24. The summed E-state index contributed by atoms with van der Waals surface area (Å²) in [5, 5.41) is 2.76. The molecule has 0 fully saturated rings. The normalized spacial score (nSPS) is 11.9. The lowest BCUT2D eigenvalue weighted by atomic mass is 10.0. The zero-order chi connectivity index (χ0) is 26.0. The number of benzene rings is 2. The van der Waals surface area contributed by atoms with Crippen molar-refractivity contribution in [2.45, 2.75) is 38.6 Å². The van der Waals surface area contributed by atoms with E-state index in [1.165, 1.54) is 17.5 Å². The Hall–Kier alpha value is -3.39. The smallest absolute Gasteiger partial charge is 0.328 e. The molecule has 2 aromatic carbocycles. The van der Waals surface area contributed by atoms with Crippen LogP contribution in [0.15, 0.2) is 67.8 Å². The topological polar surface area (TPSA) is 92.8 Å². The van der Waals surface area contributed by atoms with Crippen LogP contribution >= 0.6 is 0 Å². The minimum Gasteiger partial charge on any atom is -0.467 e. The SMILES string of the molecule is C=CCc1cccc(C[C@H](NC(=O)c2cc(CC=C)cc(N(CCC)S(C)(=O)=O)c2)C(=O)OC)c1. The first-order chi connectivity index (χ1) is 16.6. The number of hydrogen-bond donors (Lipinski definition) is 1. The number of allylic oxidation sites excluding steroid dienone is 2. The standard InChI is InChI=1S/C27H34N2O5S/c1-6-10-20-12-9-13-22(15-20)18-25(27(31)34-4)28-26(30)23-16-21(11-7-2)17-24(19-23)29(14-8-3)35(5,32)33/h6-7,9,12-13,15-17,19,25H,1-2,8,10-11,14,18H2,3-5H3,(H,28,30)/t25-/m0/s1. The van der Waals surface area contributed by atoms with Gasteiger partial charge in [0.1, 0.15) is 6.04 Å². The highest BCUT2D eigenvalue weighted by molar-refractivity contribution is 7.92. The van der Waals surface area contributed by atoms with Crippen molar-refractivity contribution in [3.63, 3.8) is 0 Å². The molecule has 35 heavy (non-hydrogen) atoms. The van der Waals surface area contributed by atoms with E-state index in [4.69, 9.17) is 4.74 Å². The molecular formula is C27H34N2O5S. The molecule has 0 aromatic heterocycles. The molecule has 0 unspecified atom stereocenters. The molecule has 0 aliphatic heterocycles. The van der Waals surface area contributed by atoms with E-state index < -0.39 is 27.9 Å². The quantitative estimate of drug-likeness (QED) is 0.335. The molecule has 0 aliphatic rings. The molecule has 188 valence electrons. The molecule has 0 spiro atoms. The van der Waals surface area contributed by atoms with Crippen molar-refractivity contribution in [2.24, 2.45) is 0 Å². The first-order valence-electron chi connectivity index (χ1n) is 11.4. The van der Waals surface area contributed by atoms with E-state index in [0.29, 0.717) is 24.9 Å². The number of carbonyl (C=O) groups excluding carboxylic acids is 2. The predicted molar refractivity (Wildman–Crippen MR) is 140 cm³/mol. The highest BCUT2D eigenvalue weighted by Crippen LogP contribution is 2.23. The number of nitrogens with one attached hydrogen (secondary N) is 1. The first kappa shape index (κ1) is 27.9. The second-order valence-electron chi connectivity index (χ2n) is 8.28. The summed E-state index contributed by atoms with van der Waals surface area (Å²) >= 11 is 0. The minimum absolute atomic E-state index is 0.244. The zero-order valence-electron chi connectivity index (χ0n) is 20.6. The Labute approximate surface area is 208 Å². The van der Waals surface area contributed by atoms with E-state index in [9.17, 15) is 18.0 Å². The molecule has 0 bridgehead atoms. The van der Waals surface area contributed by atoms with Crippen LogP contribution in [0.2, 0.25) is 0 Å². The number of sulfonamides is 1. The van der Waals surface area contributed by atoms with Gasteiger partial charge in [0.05, 0.1) is 19.1 Å². The van der Waals surface area contributed by atoms with Gasteiger partial charge in [-0.2, -0.15) is 0 Å². The number of carbonyl (C=O) groups is 2. The Morgan fingerprint density at radius 2 is 1.71 bits per heavy atom. The Bertz CT molecular complexity index is 1170. The summed E-state index contributed by atoms with van der Waals surface area (Å²) in [5.41, 5.74) is 3.29. The van der Waals surface area contributed by atoms with Gasteiger partial charge >= 0.3 is 5.97 Å². The lowest BCUT2D eigenvalue weighted by molar-refractivity contribution is -0.142. The van der Waals surface area contributed by atoms with Crippen LogP contribution in [-0.4, -0.2) is 46.2 Å². The number of esters is 1. The largest absolute Gasteiger partial charge is 0.467 e. The maximum Gasteiger partial charge on any atom is 0.328 e. The number of amides is 1. The molecule has 1 amide bonds. The molecule has 8 heteroatoms. The van der Waals surface area contributed by atoms with Crippen molar-refractivity contribution >= 4 is 27.6 Å². The summed E-state index contributed by atoms with van der Waals surface area (Å²) in [6.07, 6.45) is 6.61. The first-order valence-corrected chi connectivity index (χ1v) is 13.3. The van der Waals surface area contributed by atoms with E-state index in [0.717, 1.165) is 22.9 Å². The average molecular weight is 499 g/mol. The van der Waals surface area contributed by atoms with Crippen LogP contribution in [0.4, 0.5) is 5.69 Å². The van der Waals surface area contributed by atoms with Crippen LogP contribution < -0.4 is 9.62 Å². The summed E-state index contributed by atoms with van der Waals surface area (Å²) in [6.45, 7) is 9.65. The fourth-order valence-corrected chi connectivity index (χ4v) is 4.79. The fraction of sp³-hybridized carbons (Fsp3) is 0.333. The summed E-state index contributed by atoms with van der Waals surface area (Å²) in [4.78, 5) is 25.7. The third-order valence-corrected chi connectivity index (χ3v) is 6.53. The van der Waals surface area contributed by atoms with Gasteiger partial charge in [-0.05, 0) is 54.2 Å². The van der Waals surface area contributed by atoms with Gasteiger partial charge in [0.15, 0.2) is 0 Å². The van der Waals surface area contributed by atoms with Gasteiger partial charge in [0, 0.05) is 18.5 Å². The Balaban J connectivity index is 2.40. The molecule has 2 rings (SSSR count). The van der Waals surface area contributed by atoms with Gasteiger partial charge < -0.3 is 10.1 Å². The van der Waals surface area contributed by atoms with E-state index in [1.807, 2.05) is 31.2 Å². The van der Waals surface area contributed by atoms with Crippen molar-refractivity contribution in [2.75, 3.05) is 24.2 Å². The number of ether oxygens (including phenoxy) is 1. The summed E-state index contributed by atoms with van der Waals surface area (Å²) in [7, 11) is -2.28. The maximum atomic E-state index is 13.2. The third kappa shape index (κ3) is 8.10. The van der Waals surface area contributed by atoms with E-state index in [-0.39, 0.29) is 18.5 Å². The van der Waals surface area contributed by atoms with Crippen molar-refractivity contribution in [3.05, 3.63) is 90.0 Å². The highest BCUT2D eigenvalue weighted by atomic mass is 32.2. The number of methoxy groups -OCH3 is 1. The average Bonchev–Trinajstić information content (AvgIpc) is 2.81. The van der Waals surface area contributed by atoms with Crippen LogP contribution in [-0.2, 0) is 38.8 Å². The number of rotatable bonds is 13. The molecule has 7 nitrogen and oxygen atoms in total. The van der Waals surface area contributed by atoms with Crippen LogP contribution in [0.3, 0.4) is 0 Å². The summed E-state index contributed by atoms with van der Waals surface area (Å²) < 4.78 is 31.0. The van der Waals surface area contributed by atoms with Gasteiger partial charge in [-0.15, -0.1) is 13.2 Å². The lowest BCUT2D eigenvalue weighted by Gasteiger charge is -2.23. The van der Waals surface area contributed by atoms with E-state index in [2.05, 4.69) is 18.5 Å². The molecular weight excluding hydrogens is 464 g/mol. The van der Waals surface area contributed by atoms with Gasteiger partial charge in [-0.3, -0.25) is 9.10 Å². The van der Waals surface area contributed by atoms with Crippen molar-refractivity contribution in [1.29, 1.82) is 0 Å². The van der Waals surface area contributed by atoms with Crippen LogP contribution in [0.1, 0.15) is 40.4 Å². The maximum absolute atomic E-state index is 13.2. The summed E-state index contributed by atoms with van der Waals surface area (Å²) in [6, 6.07) is 11.7. The molecule has 0 saturated carbocycles. The van der Waals surface area contributed by atoms with Gasteiger partial charge in [-0.25, -0.2) is 13.2 Å². The number of hydrogen-bond acceptors (Lipinski definition) is 5. The molecule has 2 aromatic rings. The molecule has 1 atom stereocenters. The lowest BCUT2D eigenvalue weighted by Crippen LogP contribution is -2.43. The van der Waals surface area contributed by atoms with Crippen molar-refractivity contribution in [1.82, 2.24) is 5.32 Å². The van der Waals surface area contributed by atoms with Gasteiger partial charge in [0.25, 0.3) is 5.91 Å². The van der Waals surface area contributed by atoms with Gasteiger partial charge in [0.2, 0.25) is 10.0 Å². The second-order valence-corrected chi connectivity index (χ2v) is 10.2. The van der Waals surface area contributed by atoms with Gasteiger partial charge in [-0.1, -0.05) is 43.3 Å². The second kappa shape index (κ2) is 12.9. The Morgan fingerprint density at radius 1 is 1.06 bits per heavy atom. The van der Waals surface area contributed by atoms with Crippen LogP contribution in [0.5, 0.6) is 0 Å². The Morgan fingerprint density at radius 3 is 2.31 bits per heavy atom. The molecule has 0 aliphatic carbocycles. The summed E-state index contributed by atoms with van der Waals surface area (Å²) in [5.74, 6) is -1.07. The van der Waals surface area contributed by atoms with E-state index in [1.54, 1.807) is 24.3 Å². The monoisotopic (exact) mass is 498 g/mol. The molecule has 1 N–H and O–H groups in total. The number of nitrogens with zero attached hydrogens (tertiary/aromatic N) is 1. The predicted octanol–water partition coefficient (Wildman–Crippen LogP) is 3.83. The number of anilines is 1. The zero-order valence-corrected chi connectivity index (χ0v) is 21.4.